The highest BCUT2D eigenvalue weighted by Crippen LogP contribution is 2.30. The highest BCUT2D eigenvalue weighted by Gasteiger charge is 2.12. The summed E-state index contributed by atoms with van der Waals surface area (Å²) in [4.78, 5) is 0. The van der Waals surface area contributed by atoms with Gasteiger partial charge in [0.1, 0.15) is 5.75 Å². The van der Waals surface area contributed by atoms with Crippen molar-refractivity contribution in [3.8, 4) is 5.75 Å². The molecule has 0 heterocycles. The van der Waals surface area contributed by atoms with Crippen LogP contribution in [0.3, 0.4) is 0 Å². The number of para-hydroxylation sites is 1. The van der Waals surface area contributed by atoms with E-state index in [1.165, 1.54) is 0 Å². The lowest BCUT2D eigenvalue weighted by atomic mass is 10.1. The maximum Gasteiger partial charge on any atom is 0.142 e. The number of hydrogen-bond acceptors (Lipinski definition) is 3. The van der Waals surface area contributed by atoms with E-state index in [9.17, 15) is 0 Å². The number of ether oxygens (including phenoxy) is 2. The van der Waals surface area contributed by atoms with Crippen LogP contribution in [0, 0.1) is 0 Å². The summed E-state index contributed by atoms with van der Waals surface area (Å²) in [6, 6.07) is 5.87. The molecule has 1 aromatic carbocycles. The normalized spacial score (nSPS) is 11.0. The first kappa shape index (κ1) is 16.3. The second-order valence-corrected chi connectivity index (χ2v) is 4.86. The zero-order chi connectivity index (χ0) is 14.1. The Bertz CT molecular complexity index is 367. The van der Waals surface area contributed by atoms with Gasteiger partial charge in [-0.05, 0) is 18.9 Å². The molecule has 0 saturated carbocycles. The van der Waals surface area contributed by atoms with Crippen molar-refractivity contribution in [3.05, 3.63) is 28.8 Å². The van der Waals surface area contributed by atoms with Gasteiger partial charge in [0.25, 0.3) is 0 Å². The number of methoxy groups -OCH3 is 1. The first-order valence-electron chi connectivity index (χ1n) is 6.86. The smallest absolute Gasteiger partial charge is 0.142 e. The number of hydrogen-bond donors (Lipinski definition) is 1. The number of halogens is 1. The molecule has 0 fully saturated rings. The molecule has 0 bridgehead atoms. The van der Waals surface area contributed by atoms with Gasteiger partial charge in [-0.1, -0.05) is 37.6 Å². The lowest BCUT2D eigenvalue weighted by Crippen LogP contribution is -2.20. The van der Waals surface area contributed by atoms with Gasteiger partial charge in [0.05, 0.1) is 17.7 Å². The molecule has 0 atom stereocenters. The SMILES string of the molecule is CCC(CC)Oc1c(Cl)cccc1CNCCOC. The van der Waals surface area contributed by atoms with Gasteiger partial charge in [-0.15, -0.1) is 0 Å². The van der Waals surface area contributed by atoms with Gasteiger partial charge in [-0.3, -0.25) is 0 Å². The molecular weight excluding hydrogens is 262 g/mol. The molecule has 0 aliphatic heterocycles. The van der Waals surface area contributed by atoms with E-state index in [1.54, 1.807) is 7.11 Å². The molecule has 0 amide bonds. The van der Waals surface area contributed by atoms with Gasteiger partial charge in [-0.25, -0.2) is 0 Å². The number of nitrogens with one attached hydrogen (secondary N) is 1. The van der Waals surface area contributed by atoms with E-state index in [-0.39, 0.29) is 6.10 Å². The third kappa shape index (κ3) is 5.39. The van der Waals surface area contributed by atoms with E-state index in [4.69, 9.17) is 21.1 Å². The van der Waals surface area contributed by atoms with Crippen molar-refractivity contribution in [2.75, 3.05) is 20.3 Å². The monoisotopic (exact) mass is 285 g/mol. The Kier molecular flexibility index (Phi) is 7.87. The molecule has 0 unspecified atom stereocenters. The van der Waals surface area contributed by atoms with Crippen LogP contribution in [0.2, 0.25) is 5.02 Å². The van der Waals surface area contributed by atoms with E-state index in [1.807, 2.05) is 18.2 Å². The Balaban J connectivity index is 2.71. The van der Waals surface area contributed by atoms with Crippen LogP contribution < -0.4 is 10.1 Å². The summed E-state index contributed by atoms with van der Waals surface area (Å²) in [5, 5.41) is 3.99. The second-order valence-electron chi connectivity index (χ2n) is 4.45. The largest absolute Gasteiger partial charge is 0.489 e. The predicted octanol–water partition coefficient (Wildman–Crippen LogP) is 3.64. The van der Waals surface area contributed by atoms with E-state index < -0.39 is 0 Å². The second kappa shape index (κ2) is 9.18. The molecule has 0 saturated heterocycles. The molecule has 1 N–H and O–H groups in total. The molecule has 0 aliphatic rings. The average Bonchev–Trinajstić information content (AvgIpc) is 2.43. The molecule has 0 aliphatic carbocycles. The Labute approximate surface area is 121 Å². The first-order chi connectivity index (χ1) is 9.22. The van der Waals surface area contributed by atoms with Crippen LogP contribution >= 0.6 is 11.6 Å². The zero-order valence-corrected chi connectivity index (χ0v) is 12.8. The van der Waals surface area contributed by atoms with Crippen molar-refractivity contribution in [2.45, 2.75) is 39.3 Å². The number of benzene rings is 1. The van der Waals surface area contributed by atoms with Crippen molar-refractivity contribution in [1.82, 2.24) is 5.32 Å². The van der Waals surface area contributed by atoms with Gasteiger partial charge < -0.3 is 14.8 Å². The van der Waals surface area contributed by atoms with Crippen molar-refractivity contribution >= 4 is 11.6 Å². The summed E-state index contributed by atoms with van der Waals surface area (Å²) in [6.45, 7) is 6.50. The van der Waals surface area contributed by atoms with Gasteiger partial charge in [0.2, 0.25) is 0 Å². The molecule has 19 heavy (non-hydrogen) atoms. The molecule has 0 aromatic heterocycles. The van der Waals surface area contributed by atoms with Crippen LogP contribution in [0.5, 0.6) is 5.75 Å². The van der Waals surface area contributed by atoms with Gasteiger partial charge >= 0.3 is 0 Å². The van der Waals surface area contributed by atoms with Gasteiger partial charge in [0, 0.05) is 25.8 Å². The van der Waals surface area contributed by atoms with Gasteiger partial charge in [-0.2, -0.15) is 0 Å². The Hall–Kier alpha value is -0.770. The Morgan fingerprint density at radius 1 is 1.26 bits per heavy atom. The minimum Gasteiger partial charge on any atom is -0.489 e. The maximum absolute atomic E-state index is 6.25. The Morgan fingerprint density at radius 3 is 2.63 bits per heavy atom. The van der Waals surface area contributed by atoms with Crippen LogP contribution in [-0.4, -0.2) is 26.4 Å². The van der Waals surface area contributed by atoms with Crippen LogP contribution in [0.4, 0.5) is 0 Å². The Morgan fingerprint density at radius 2 is 2.00 bits per heavy atom. The number of rotatable bonds is 9. The van der Waals surface area contributed by atoms with E-state index in [0.29, 0.717) is 11.6 Å². The summed E-state index contributed by atoms with van der Waals surface area (Å²) in [5.74, 6) is 0.808. The van der Waals surface area contributed by atoms with E-state index >= 15 is 0 Å². The molecule has 108 valence electrons. The minimum absolute atomic E-state index is 0.220. The molecule has 0 radical (unpaired) electrons. The van der Waals surface area contributed by atoms with Crippen LogP contribution in [0.1, 0.15) is 32.3 Å². The van der Waals surface area contributed by atoms with E-state index in [0.717, 1.165) is 37.2 Å². The van der Waals surface area contributed by atoms with Crippen molar-refractivity contribution in [1.29, 1.82) is 0 Å². The molecule has 4 heteroatoms. The maximum atomic E-state index is 6.25. The van der Waals surface area contributed by atoms with Crippen LogP contribution in [-0.2, 0) is 11.3 Å². The van der Waals surface area contributed by atoms with Crippen molar-refractivity contribution in [2.24, 2.45) is 0 Å². The fourth-order valence-electron chi connectivity index (χ4n) is 1.84. The topological polar surface area (TPSA) is 30.5 Å². The zero-order valence-electron chi connectivity index (χ0n) is 12.0. The fraction of sp³-hybridized carbons (Fsp3) is 0.600. The molecular formula is C15H24ClNO2. The summed E-state index contributed by atoms with van der Waals surface area (Å²) >= 11 is 6.25. The molecule has 0 spiro atoms. The third-order valence-electron chi connectivity index (χ3n) is 3.04. The standard InChI is InChI=1S/C15H24ClNO2/c1-4-13(5-2)19-15-12(7-6-8-14(15)16)11-17-9-10-18-3/h6-8,13,17H,4-5,9-11H2,1-3H3. The highest BCUT2D eigenvalue weighted by atomic mass is 35.5. The summed E-state index contributed by atoms with van der Waals surface area (Å²) in [6.07, 6.45) is 2.19. The molecule has 3 nitrogen and oxygen atoms in total. The summed E-state index contributed by atoms with van der Waals surface area (Å²) < 4.78 is 11.0. The lowest BCUT2D eigenvalue weighted by molar-refractivity contribution is 0.189. The highest BCUT2D eigenvalue weighted by molar-refractivity contribution is 6.32. The quantitative estimate of drug-likeness (QED) is 0.703. The minimum atomic E-state index is 0.220. The van der Waals surface area contributed by atoms with E-state index in [2.05, 4.69) is 19.2 Å². The molecule has 1 aromatic rings. The fourth-order valence-corrected chi connectivity index (χ4v) is 2.08. The van der Waals surface area contributed by atoms with Crippen molar-refractivity contribution < 1.29 is 9.47 Å². The summed E-state index contributed by atoms with van der Waals surface area (Å²) in [5.41, 5.74) is 1.09. The van der Waals surface area contributed by atoms with Crippen molar-refractivity contribution in [3.63, 3.8) is 0 Å². The van der Waals surface area contributed by atoms with Gasteiger partial charge in [0.15, 0.2) is 0 Å². The third-order valence-corrected chi connectivity index (χ3v) is 3.34. The average molecular weight is 286 g/mol. The predicted molar refractivity (Wildman–Crippen MR) is 80.0 cm³/mol. The van der Waals surface area contributed by atoms with Crippen LogP contribution in [0.25, 0.3) is 0 Å². The van der Waals surface area contributed by atoms with Crippen LogP contribution in [0.15, 0.2) is 18.2 Å². The first-order valence-corrected chi connectivity index (χ1v) is 7.24. The lowest BCUT2D eigenvalue weighted by Gasteiger charge is -2.19. The molecule has 1 rings (SSSR count). The summed E-state index contributed by atoms with van der Waals surface area (Å²) in [7, 11) is 1.70.